The predicted octanol–water partition coefficient (Wildman–Crippen LogP) is 0.503. The molecule has 5 rings (SSSR count). The molecule has 0 amide bonds. The fourth-order valence-electron chi connectivity index (χ4n) is 4.83. The summed E-state index contributed by atoms with van der Waals surface area (Å²) in [5, 5.41) is 12.8. The van der Waals surface area contributed by atoms with Gasteiger partial charge in [0.1, 0.15) is 6.33 Å². The van der Waals surface area contributed by atoms with Crippen LogP contribution in [0.1, 0.15) is 11.6 Å². The molecule has 4 heterocycles. The maximum absolute atomic E-state index is 12.7. The van der Waals surface area contributed by atoms with Gasteiger partial charge in [-0.2, -0.15) is 0 Å². The number of aliphatic hydroxyl groups is 1. The van der Waals surface area contributed by atoms with Gasteiger partial charge in [-0.1, -0.05) is 12.1 Å². The Kier molecular flexibility index (Phi) is 7.03. The molecule has 2 fully saturated rings. The minimum atomic E-state index is -0.109. The molecule has 1 atom stereocenters. The Morgan fingerprint density at radius 1 is 1.03 bits per heavy atom. The third-order valence-electron chi connectivity index (χ3n) is 6.86. The summed E-state index contributed by atoms with van der Waals surface area (Å²) >= 11 is 0. The predicted molar refractivity (Wildman–Crippen MR) is 136 cm³/mol. The number of aromatic nitrogens is 4. The average Bonchev–Trinajstić information content (AvgIpc) is 2.91. The van der Waals surface area contributed by atoms with Crippen molar-refractivity contribution in [2.24, 2.45) is 7.05 Å². The van der Waals surface area contributed by atoms with Gasteiger partial charge >= 0.3 is 0 Å². The highest BCUT2D eigenvalue weighted by molar-refractivity contribution is 5.55. The molecule has 0 unspecified atom stereocenters. The Hall–Kier alpha value is -3.34. The highest BCUT2D eigenvalue weighted by Gasteiger charge is 2.25. The van der Waals surface area contributed by atoms with Crippen LogP contribution >= 0.6 is 0 Å². The van der Waals surface area contributed by atoms with Crippen molar-refractivity contribution in [1.29, 1.82) is 0 Å². The van der Waals surface area contributed by atoms with Crippen molar-refractivity contribution in [3.63, 3.8) is 0 Å². The fraction of sp³-hybridized carbons (Fsp3) is 0.440. The minimum Gasteiger partial charge on any atom is -0.395 e. The topological polar surface area (TPSA) is 103 Å². The highest BCUT2D eigenvalue weighted by atomic mass is 16.3. The zero-order chi connectivity index (χ0) is 24.2. The Labute approximate surface area is 204 Å². The van der Waals surface area contributed by atoms with Crippen LogP contribution in [0.15, 0.2) is 53.7 Å². The number of nitrogens with one attached hydrogen (secondary N) is 1. The molecule has 184 valence electrons. The molecule has 0 bridgehead atoms. The third kappa shape index (κ3) is 5.19. The molecule has 2 aromatic heterocycles. The van der Waals surface area contributed by atoms with Gasteiger partial charge in [-0.05, 0) is 23.8 Å². The number of β-amino-alcohol motifs (C(OH)–C–C–N with tert-alkyl or cyclic N) is 1. The molecule has 10 heteroatoms. The lowest BCUT2D eigenvalue weighted by molar-refractivity contribution is 0.189. The van der Waals surface area contributed by atoms with Crippen molar-refractivity contribution in [1.82, 2.24) is 29.7 Å². The smallest absolute Gasteiger partial charge is 0.255 e. The van der Waals surface area contributed by atoms with E-state index >= 15 is 0 Å². The van der Waals surface area contributed by atoms with Crippen LogP contribution in [0.3, 0.4) is 0 Å². The molecule has 2 saturated heterocycles. The lowest BCUT2D eigenvalue weighted by Crippen LogP contribution is -2.48. The maximum Gasteiger partial charge on any atom is 0.255 e. The van der Waals surface area contributed by atoms with Gasteiger partial charge in [-0.25, -0.2) is 15.0 Å². The summed E-state index contributed by atoms with van der Waals surface area (Å²) in [6.07, 6.45) is 3.12. The first-order valence-corrected chi connectivity index (χ1v) is 12.1. The van der Waals surface area contributed by atoms with Crippen LogP contribution in [0.25, 0.3) is 11.4 Å². The highest BCUT2D eigenvalue weighted by Crippen LogP contribution is 2.25. The first-order valence-electron chi connectivity index (χ1n) is 12.1. The van der Waals surface area contributed by atoms with Crippen LogP contribution in [0.2, 0.25) is 0 Å². The second-order valence-corrected chi connectivity index (χ2v) is 9.03. The first kappa shape index (κ1) is 23.4. The number of nitrogens with zero attached hydrogens (tertiary/aromatic N) is 7. The summed E-state index contributed by atoms with van der Waals surface area (Å²) in [5.41, 5.74) is 3.53. The number of hydrogen-bond acceptors (Lipinski definition) is 9. The van der Waals surface area contributed by atoms with Gasteiger partial charge in [-0.15, -0.1) is 0 Å². The van der Waals surface area contributed by atoms with Crippen molar-refractivity contribution in [3.8, 4) is 11.4 Å². The van der Waals surface area contributed by atoms with Crippen LogP contribution in [-0.2, 0) is 7.05 Å². The van der Waals surface area contributed by atoms with E-state index in [9.17, 15) is 4.79 Å². The van der Waals surface area contributed by atoms with Crippen LogP contribution in [0, 0.1) is 0 Å². The van der Waals surface area contributed by atoms with Crippen molar-refractivity contribution in [2.75, 3.05) is 68.8 Å². The summed E-state index contributed by atoms with van der Waals surface area (Å²) in [6.45, 7) is 7.13. The molecule has 0 saturated carbocycles. The van der Waals surface area contributed by atoms with Crippen molar-refractivity contribution < 1.29 is 5.11 Å². The van der Waals surface area contributed by atoms with E-state index in [0.29, 0.717) is 23.9 Å². The second kappa shape index (κ2) is 10.5. The summed E-state index contributed by atoms with van der Waals surface area (Å²) in [4.78, 5) is 32.6. The third-order valence-corrected chi connectivity index (χ3v) is 6.86. The van der Waals surface area contributed by atoms with E-state index in [1.807, 2.05) is 0 Å². The van der Waals surface area contributed by atoms with Crippen LogP contribution in [0.5, 0.6) is 0 Å². The van der Waals surface area contributed by atoms with E-state index < -0.39 is 0 Å². The number of rotatable bonds is 6. The standard InChI is InChI=1S/C25H32N8O2/c1-30-24(35)16-22(21-6-7-26-18-28-21)29-25(30)33-9-8-27-23(17-33)19-2-4-20(5-3-19)32-12-10-31(11-13-32)14-15-34/h2-7,16,18,23,27,34H,8-15,17H2,1H3/t23-/m1/s1. The van der Waals surface area contributed by atoms with Gasteiger partial charge in [0.05, 0.1) is 18.0 Å². The zero-order valence-electron chi connectivity index (χ0n) is 20.0. The van der Waals surface area contributed by atoms with E-state index in [1.165, 1.54) is 23.6 Å². The minimum absolute atomic E-state index is 0.109. The van der Waals surface area contributed by atoms with E-state index in [2.05, 4.69) is 54.2 Å². The molecule has 10 nitrogen and oxygen atoms in total. The molecular formula is C25H32N8O2. The number of aliphatic hydroxyl groups excluding tert-OH is 1. The Bertz CT molecular complexity index is 1180. The maximum atomic E-state index is 12.7. The molecule has 2 aliphatic rings. The number of benzene rings is 1. The monoisotopic (exact) mass is 476 g/mol. The van der Waals surface area contributed by atoms with Gasteiger partial charge in [0.15, 0.2) is 0 Å². The van der Waals surface area contributed by atoms with Crippen molar-refractivity contribution in [2.45, 2.75) is 6.04 Å². The summed E-state index contributed by atoms with van der Waals surface area (Å²) in [6, 6.07) is 12.2. The number of anilines is 2. The lowest BCUT2D eigenvalue weighted by atomic mass is 10.0. The van der Waals surface area contributed by atoms with Crippen LogP contribution in [-0.4, -0.2) is 88.5 Å². The second-order valence-electron chi connectivity index (χ2n) is 9.03. The largest absolute Gasteiger partial charge is 0.395 e. The van der Waals surface area contributed by atoms with Gasteiger partial charge in [0.25, 0.3) is 5.56 Å². The quantitative estimate of drug-likeness (QED) is 0.527. The normalized spacial score (nSPS) is 19.2. The number of hydrogen-bond donors (Lipinski definition) is 2. The Balaban J connectivity index is 1.30. The van der Waals surface area contributed by atoms with E-state index in [1.54, 1.807) is 23.9 Å². The molecule has 2 N–H and O–H groups in total. The molecular weight excluding hydrogens is 444 g/mol. The van der Waals surface area contributed by atoms with Crippen molar-refractivity contribution in [3.05, 3.63) is 64.8 Å². The molecule has 0 radical (unpaired) electrons. The first-order chi connectivity index (χ1) is 17.1. The zero-order valence-corrected chi connectivity index (χ0v) is 20.0. The van der Waals surface area contributed by atoms with Gasteiger partial charge in [0, 0.05) is 83.4 Å². The molecule has 2 aliphatic heterocycles. The van der Waals surface area contributed by atoms with E-state index in [0.717, 1.165) is 45.8 Å². The van der Waals surface area contributed by atoms with Crippen LogP contribution in [0.4, 0.5) is 11.6 Å². The van der Waals surface area contributed by atoms with E-state index in [-0.39, 0.29) is 18.2 Å². The fourth-order valence-corrected chi connectivity index (χ4v) is 4.83. The van der Waals surface area contributed by atoms with Gasteiger partial charge in [0.2, 0.25) is 5.95 Å². The lowest BCUT2D eigenvalue weighted by Gasteiger charge is -2.37. The molecule has 1 aromatic carbocycles. The molecule has 0 aliphatic carbocycles. The average molecular weight is 477 g/mol. The van der Waals surface area contributed by atoms with Crippen molar-refractivity contribution >= 4 is 11.6 Å². The summed E-state index contributed by atoms with van der Waals surface area (Å²) < 4.78 is 1.60. The SMILES string of the molecule is Cn1c(N2CCN[C@@H](c3ccc(N4CCN(CCO)CC4)cc3)C2)nc(-c2ccncn2)cc1=O. The molecule has 35 heavy (non-hydrogen) atoms. The van der Waals surface area contributed by atoms with Gasteiger partial charge < -0.3 is 20.2 Å². The van der Waals surface area contributed by atoms with Gasteiger partial charge in [-0.3, -0.25) is 14.3 Å². The Morgan fingerprint density at radius 2 is 1.83 bits per heavy atom. The molecule has 0 spiro atoms. The summed E-state index contributed by atoms with van der Waals surface area (Å²) in [7, 11) is 1.76. The Morgan fingerprint density at radius 3 is 2.54 bits per heavy atom. The van der Waals surface area contributed by atoms with Crippen LogP contribution < -0.4 is 20.7 Å². The molecule has 3 aromatic rings. The number of piperazine rings is 2. The van der Waals surface area contributed by atoms with E-state index in [4.69, 9.17) is 10.1 Å². The summed E-state index contributed by atoms with van der Waals surface area (Å²) in [5.74, 6) is 0.648.